The molecule has 1 aromatic heterocycles. The largest absolute Gasteiger partial charge is 0.485 e. The fourth-order valence-corrected chi connectivity index (χ4v) is 6.88. The van der Waals surface area contributed by atoms with Gasteiger partial charge in [0.25, 0.3) is 0 Å². The van der Waals surface area contributed by atoms with Gasteiger partial charge in [-0.15, -0.1) is 0 Å². The summed E-state index contributed by atoms with van der Waals surface area (Å²) in [5.41, 5.74) is 1.42. The molecule has 1 aliphatic carbocycles. The molecular formula is C24H38N4OS. The third kappa shape index (κ3) is 4.76. The van der Waals surface area contributed by atoms with E-state index in [1.165, 1.54) is 44.1 Å². The molecule has 0 amide bonds. The molecule has 0 aromatic carbocycles. The normalized spacial score (nSPS) is 26.2. The van der Waals surface area contributed by atoms with Crippen molar-refractivity contribution in [3.63, 3.8) is 0 Å². The molecule has 30 heavy (non-hydrogen) atoms. The van der Waals surface area contributed by atoms with Crippen LogP contribution in [0.3, 0.4) is 0 Å². The standard InChI is InChI=1S/C24H38N4OS/c1-26-12-10-24(11-13-26)9-8-20-18-23(25-19-22(20)29-24)27-14-16-28(17-15-27)30-21-6-4-2-3-5-7-21/h18-19,21H,2-17H2,1H3. The number of pyridine rings is 1. The van der Waals surface area contributed by atoms with Gasteiger partial charge in [0.1, 0.15) is 17.2 Å². The molecule has 6 heteroatoms. The van der Waals surface area contributed by atoms with Crippen LogP contribution < -0.4 is 9.64 Å². The third-order valence-corrected chi connectivity index (χ3v) is 9.10. The lowest BCUT2D eigenvalue weighted by molar-refractivity contribution is -0.00906. The van der Waals surface area contributed by atoms with Gasteiger partial charge in [-0.3, -0.25) is 0 Å². The highest BCUT2D eigenvalue weighted by atomic mass is 32.2. The quantitative estimate of drug-likeness (QED) is 0.523. The molecular weight excluding hydrogens is 392 g/mol. The van der Waals surface area contributed by atoms with Crippen LogP contribution in [0, 0.1) is 0 Å². The van der Waals surface area contributed by atoms with E-state index in [1.807, 2.05) is 6.20 Å². The molecule has 1 aromatic rings. The van der Waals surface area contributed by atoms with Gasteiger partial charge in [-0.05, 0) is 57.2 Å². The first-order valence-corrected chi connectivity index (χ1v) is 13.1. The van der Waals surface area contributed by atoms with E-state index in [9.17, 15) is 0 Å². The smallest absolute Gasteiger partial charge is 0.141 e. The minimum Gasteiger partial charge on any atom is -0.485 e. The Morgan fingerprint density at radius 3 is 2.43 bits per heavy atom. The van der Waals surface area contributed by atoms with Crippen LogP contribution in [0.5, 0.6) is 5.75 Å². The first-order chi connectivity index (χ1) is 14.7. The summed E-state index contributed by atoms with van der Waals surface area (Å²) in [6.45, 7) is 6.75. The van der Waals surface area contributed by atoms with Crippen molar-refractivity contribution < 1.29 is 4.74 Å². The van der Waals surface area contributed by atoms with Gasteiger partial charge in [0.05, 0.1) is 6.20 Å². The summed E-state index contributed by atoms with van der Waals surface area (Å²) in [5.74, 6) is 2.19. The lowest BCUT2D eigenvalue weighted by atomic mass is 9.83. The number of rotatable bonds is 3. The Balaban J connectivity index is 1.16. The van der Waals surface area contributed by atoms with Crippen LogP contribution in [0.4, 0.5) is 5.82 Å². The highest BCUT2D eigenvalue weighted by molar-refractivity contribution is 7.97. The van der Waals surface area contributed by atoms with E-state index >= 15 is 0 Å². The SMILES string of the molecule is CN1CCC2(CCc3cc(N4CCN(SC5CCCCCC5)CC4)ncc3O2)CC1. The van der Waals surface area contributed by atoms with Crippen molar-refractivity contribution in [3.8, 4) is 5.75 Å². The third-order valence-electron chi connectivity index (χ3n) is 7.67. The average Bonchev–Trinajstić information content (AvgIpc) is 3.05. The van der Waals surface area contributed by atoms with Gasteiger partial charge >= 0.3 is 0 Å². The number of ether oxygens (including phenoxy) is 1. The van der Waals surface area contributed by atoms with Gasteiger partial charge in [-0.1, -0.05) is 37.6 Å². The Labute approximate surface area is 186 Å². The number of anilines is 1. The van der Waals surface area contributed by atoms with E-state index in [-0.39, 0.29) is 5.60 Å². The summed E-state index contributed by atoms with van der Waals surface area (Å²) < 4.78 is 9.17. The lowest BCUT2D eigenvalue weighted by Crippen LogP contribution is -2.48. The second kappa shape index (κ2) is 9.25. The van der Waals surface area contributed by atoms with Crippen LogP contribution in [-0.4, -0.2) is 71.4 Å². The summed E-state index contributed by atoms with van der Waals surface area (Å²) in [4.78, 5) is 9.72. The number of nitrogens with zero attached hydrogens (tertiary/aromatic N) is 4. The molecule has 2 saturated heterocycles. The first kappa shape index (κ1) is 20.9. The summed E-state index contributed by atoms with van der Waals surface area (Å²) >= 11 is 2.15. The second-order valence-corrected chi connectivity index (χ2v) is 11.3. The summed E-state index contributed by atoms with van der Waals surface area (Å²) in [7, 11) is 2.21. The van der Waals surface area contributed by atoms with Crippen molar-refractivity contribution in [2.24, 2.45) is 0 Å². The van der Waals surface area contributed by atoms with E-state index in [1.54, 1.807) is 0 Å². The van der Waals surface area contributed by atoms with Gasteiger partial charge in [0.15, 0.2) is 0 Å². The number of hydrogen-bond donors (Lipinski definition) is 0. The summed E-state index contributed by atoms with van der Waals surface area (Å²) in [6.07, 6.45) is 15.1. The van der Waals surface area contributed by atoms with E-state index in [0.717, 1.165) is 81.8 Å². The van der Waals surface area contributed by atoms with Crippen molar-refractivity contribution >= 4 is 17.8 Å². The fourth-order valence-electron chi connectivity index (χ4n) is 5.54. The average molecular weight is 431 g/mol. The zero-order valence-corrected chi connectivity index (χ0v) is 19.5. The molecule has 0 radical (unpaired) electrons. The molecule has 166 valence electrons. The molecule has 1 spiro atoms. The number of likely N-dealkylation sites (tertiary alicyclic amines) is 1. The second-order valence-electron chi connectivity index (χ2n) is 9.87. The molecule has 3 aliphatic heterocycles. The summed E-state index contributed by atoms with van der Waals surface area (Å²) in [5, 5.41) is 0.852. The van der Waals surface area contributed by atoms with Gasteiger partial charge in [-0.25, -0.2) is 9.29 Å². The minimum absolute atomic E-state index is 0.0591. The van der Waals surface area contributed by atoms with Crippen molar-refractivity contribution in [3.05, 3.63) is 17.8 Å². The molecule has 1 saturated carbocycles. The monoisotopic (exact) mass is 430 g/mol. The first-order valence-electron chi connectivity index (χ1n) is 12.2. The summed E-state index contributed by atoms with van der Waals surface area (Å²) in [6, 6.07) is 2.31. The highest BCUT2D eigenvalue weighted by Crippen LogP contribution is 2.40. The number of piperidine rings is 1. The fraction of sp³-hybridized carbons (Fsp3) is 0.792. The molecule has 5 rings (SSSR count). The molecule has 5 nitrogen and oxygen atoms in total. The topological polar surface area (TPSA) is 31.8 Å². The van der Waals surface area contributed by atoms with Gasteiger partial charge < -0.3 is 14.5 Å². The Hall–Kier alpha value is -0.980. The Kier molecular flexibility index (Phi) is 6.45. The number of fused-ring (bicyclic) bond motifs is 1. The lowest BCUT2D eigenvalue weighted by Gasteiger charge is -2.44. The number of aromatic nitrogens is 1. The van der Waals surface area contributed by atoms with E-state index < -0.39 is 0 Å². The Morgan fingerprint density at radius 1 is 0.967 bits per heavy atom. The highest BCUT2D eigenvalue weighted by Gasteiger charge is 2.39. The predicted octanol–water partition coefficient (Wildman–Crippen LogP) is 4.36. The maximum atomic E-state index is 6.54. The van der Waals surface area contributed by atoms with Gasteiger partial charge in [-0.2, -0.15) is 0 Å². The van der Waals surface area contributed by atoms with Crippen molar-refractivity contribution in [2.45, 2.75) is 75.1 Å². The van der Waals surface area contributed by atoms with Crippen molar-refractivity contribution in [2.75, 3.05) is 51.2 Å². The van der Waals surface area contributed by atoms with Crippen molar-refractivity contribution in [1.82, 2.24) is 14.2 Å². The van der Waals surface area contributed by atoms with Gasteiger partial charge in [0.2, 0.25) is 0 Å². The van der Waals surface area contributed by atoms with Crippen LogP contribution >= 0.6 is 11.9 Å². The number of hydrogen-bond acceptors (Lipinski definition) is 6. The molecule has 4 heterocycles. The van der Waals surface area contributed by atoms with Crippen molar-refractivity contribution in [1.29, 1.82) is 0 Å². The van der Waals surface area contributed by atoms with Crippen LogP contribution in [0.1, 0.15) is 63.4 Å². The molecule has 0 bridgehead atoms. The number of aryl methyl sites for hydroxylation is 1. The van der Waals surface area contributed by atoms with Crippen LogP contribution in [0.2, 0.25) is 0 Å². The molecule has 4 aliphatic rings. The van der Waals surface area contributed by atoms with Crippen LogP contribution in [0.15, 0.2) is 12.3 Å². The minimum atomic E-state index is 0.0591. The van der Waals surface area contributed by atoms with Crippen LogP contribution in [0.25, 0.3) is 0 Å². The van der Waals surface area contributed by atoms with E-state index in [4.69, 9.17) is 9.72 Å². The maximum Gasteiger partial charge on any atom is 0.141 e. The molecule has 0 atom stereocenters. The van der Waals surface area contributed by atoms with E-state index in [2.05, 4.69) is 39.2 Å². The molecule has 0 N–H and O–H groups in total. The number of piperazine rings is 1. The maximum absolute atomic E-state index is 6.54. The molecule has 3 fully saturated rings. The Morgan fingerprint density at radius 2 is 1.70 bits per heavy atom. The predicted molar refractivity (Wildman–Crippen MR) is 126 cm³/mol. The van der Waals surface area contributed by atoms with Crippen LogP contribution in [-0.2, 0) is 6.42 Å². The Bertz CT molecular complexity index is 705. The van der Waals surface area contributed by atoms with E-state index in [0.29, 0.717) is 0 Å². The zero-order chi connectivity index (χ0) is 20.4. The zero-order valence-electron chi connectivity index (χ0n) is 18.7. The molecule has 0 unspecified atom stereocenters. The van der Waals surface area contributed by atoms with Gasteiger partial charge in [0, 0.05) is 44.5 Å².